The highest BCUT2D eigenvalue weighted by atomic mass is 15.3. The average molecular weight is 220 g/mol. The molecule has 1 aromatic rings. The molecule has 0 bridgehead atoms. The Morgan fingerprint density at radius 1 is 1.38 bits per heavy atom. The minimum Gasteiger partial charge on any atom is -0.355 e. The molecule has 1 unspecified atom stereocenters. The van der Waals surface area contributed by atoms with Crippen LogP contribution in [-0.4, -0.2) is 36.4 Å². The molecular weight excluding hydrogens is 200 g/mol. The van der Waals surface area contributed by atoms with Crippen LogP contribution in [0.25, 0.3) is 0 Å². The van der Waals surface area contributed by atoms with Crippen molar-refractivity contribution < 1.29 is 0 Å². The summed E-state index contributed by atoms with van der Waals surface area (Å²) in [6.07, 6.45) is 5.46. The summed E-state index contributed by atoms with van der Waals surface area (Å²) in [6.45, 7) is 4.30. The molecule has 1 aliphatic rings. The zero-order chi connectivity index (χ0) is 11.4. The van der Waals surface area contributed by atoms with Crippen molar-refractivity contribution >= 4 is 5.82 Å². The minimum absolute atomic E-state index is 0.589. The molecule has 0 aromatic carbocycles. The van der Waals surface area contributed by atoms with Gasteiger partial charge < -0.3 is 10.2 Å². The molecule has 1 saturated heterocycles. The fourth-order valence-corrected chi connectivity index (χ4v) is 2.20. The van der Waals surface area contributed by atoms with Crippen LogP contribution in [0.2, 0.25) is 0 Å². The number of nitrogens with zero attached hydrogens (tertiary/aromatic N) is 3. The third-order valence-electron chi connectivity index (χ3n) is 3.23. The van der Waals surface area contributed by atoms with E-state index in [1.54, 1.807) is 6.20 Å². The van der Waals surface area contributed by atoms with E-state index in [2.05, 4.69) is 40.5 Å². The van der Waals surface area contributed by atoms with Gasteiger partial charge in [-0.05, 0) is 50.9 Å². The van der Waals surface area contributed by atoms with Crippen molar-refractivity contribution in [3.8, 4) is 0 Å². The number of anilines is 1. The van der Waals surface area contributed by atoms with Crippen molar-refractivity contribution in [1.29, 1.82) is 0 Å². The van der Waals surface area contributed by atoms with Crippen LogP contribution in [-0.2, 0) is 0 Å². The number of aryl methyl sites for hydroxylation is 1. The van der Waals surface area contributed by atoms with Crippen molar-refractivity contribution in [3.05, 3.63) is 17.8 Å². The van der Waals surface area contributed by atoms with E-state index >= 15 is 0 Å². The zero-order valence-corrected chi connectivity index (χ0v) is 10.1. The molecule has 0 spiro atoms. The molecule has 16 heavy (non-hydrogen) atoms. The van der Waals surface area contributed by atoms with E-state index in [4.69, 9.17) is 0 Å². The largest absolute Gasteiger partial charge is 0.355 e. The molecular formula is C12H20N4. The second kappa shape index (κ2) is 5.25. The van der Waals surface area contributed by atoms with Gasteiger partial charge >= 0.3 is 0 Å². The Balaban J connectivity index is 2.07. The molecule has 0 radical (unpaired) electrons. The first-order chi connectivity index (χ1) is 7.77. The van der Waals surface area contributed by atoms with Gasteiger partial charge in [-0.1, -0.05) is 0 Å². The number of hydrogen-bond donors (Lipinski definition) is 1. The van der Waals surface area contributed by atoms with Crippen molar-refractivity contribution in [3.63, 3.8) is 0 Å². The molecule has 1 atom stereocenters. The third kappa shape index (κ3) is 2.70. The van der Waals surface area contributed by atoms with Gasteiger partial charge in [0.2, 0.25) is 0 Å². The predicted molar refractivity (Wildman–Crippen MR) is 65.7 cm³/mol. The first-order valence-electron chi connectivity index (χ1n) is 6.00. The quantitative estimate of drug-likeness (QED) is 0.817. The van der Waals surface area contributed by atoms with Crippen LogP contribution in [0.4, 0.5) is 5.82 Å². The Kier molecular flexibility index (Phi) is 3.72. The molecule has 1 fully saturated rings. The highest BCUT2D eigenvalue weighted by molar-refractivity contribution is 5.39. The molecule has 4 nitrogen and oxygen atoms in total. The van der Waals surface area contributed by atoms with Gasteiger partial charge in [-0.25, -0.2) is 0 Å². The Labute approximate surface area is 97.1 Å². The fraction of sp³-hybridized carbons (Fsp3) is 0.667. The summed E-state index contributed by atoms with van der Waals surface area (Å²) in [6, 6.07) is 2.69. The lowest BCUT2D eigenvalue weighted by Gasteiger charge is -2.27. The van der Waals surface area contributed by atoms with Gasteiger partial charge in [-0.15, -0.1) is 5.10 Å². The van der Waals surface area contributed by atoms with Crippen molar-refractivity contribution in [2.24, 2.45) is 0 Å². The molecule has 4 heteroatoms. The molecule has 0 saturated carbocycles. The first kappa shape index (κ1) is 11.3. The summed E-state index contributed by atoms with van der Waals surface area (Å²) >= 11 is 0. The molecule has 1 N–H and O–H groups in total. The van der Waals surface area contributed by atoms with Gasteiger partial charge in [0.05, 0.1) is 6.20 Å². The Bertz CT molecular complexity index is 332. The Hall–Kier alpha value is -1.16. The Morgan fingerprint density at radius 2 is 2.25 bits per heavy atom. The maximum Gasteiger partial charge on any atom is 0.151 e. The zero-order valence-electron chi connectivity index (χ0n) is 10.1. The highest BCUT2D eigenvalue weighted by Crippen LogP contribution is 2.18. The number of nitrogens with one attached hydrogen (secondary N) is 1. The Morgan fingerprint density at radius 3 is 3.06 bits per heavy atom. The topological polar surface area (TPSA) is 41.1 Å². The molecule has 0 aliphatic carbocycles. The van der Waals surface area contributed by atoms with Crippen LogP contribution in [0.5, 0.6) is 0 Å². The maximum absolute atomic E-state index is 4.20. The van der Waals surface area contributed by atoms with Crippen LogP contribution >= 0.6 is 0 Å². The van der Waals surface area contributed by atoms with E-state index in [1.165, 1.54) is 24.8 Å². The lowest BCUT2D eigenvalue weighted by atomic mass is 10.1. The fourth-order valence-electron chi connectivity index (χ4n) is 2.20. The van der Waals surface area contributed by atoms with Crippen molar-refractivity contribution in [2.45, 2.75) is 32.2 Å². The summed E-state index contributed by atoms with van der Waals surface area (Å²) < 4.78 is 0. The highest BCUT2D eigenvalue weighted by Gasteiger charge is 2.18. The second-order valence-corrected chi connectivity index (χ2v) is 4.54. The van der Waals surface area contributed by atoms with Crippen molar-refractivity contribution in [1.82, 2.24) is 15.5 Å². The van der Waals surface area contributed by atoms with Crippen LogP contribution in [0.15, 0.2) is 12.3 Å². The summed E-state index contributed by atoms with van der Waals surface area (Å²) in [4.78, 5) is 2.27. The van der Waals surface area contributed by atoms with Crippen LogP contribution in [0, 0.1) is 6.92 Å². The lowest BCUT2D eigenvalue weighted by molar-refractivity contribution is 0.560. The van der Waals surface area contributed by atoms with E-state index in [0.29, 0.717) is 6.04 Å². The van der Waals surface area contributed by atoms with E-state index in [-0.39, 0.29) is 0 Å². The minimum atomic E-state index is 0.589. The lowest BCUT2D eigenvalue weighted by Crippen LogP contribution is -2.33. The summed E-state index contributed by atoms with van der Waals surface area (Å²) in [5, 5.41) is 11.6. The van der Waals surface area contributed by atoms with Crippen LogP contribution < -0.4 is 10.2 Å². The van der Waals surface area contributed by atoms with E-state index in [0.717, 1.165) is 18.9 Å². The number of rotatable bonds is 2. The second-order valence-electron chi connectivity index (χ2n) is 4.54. The van der Waals surface area contributed by atoms with Gasteiger partial charge in [-0.3, -0.25) is 0 Å². The summed E-state index contributed by atoms with van der Waals surface area (Å²) in [7, 11) is 2.12. The number of hydrogen-bond acceptors (Lipinski definition) is 4. The smallest absolute Gasteiger partial charge is 0.151 e. The predicted octanol–water partition coefficient (Wildman–Crippen LogP) is 1.36. The summed E-state index contributed by atoms with van der Waals surface area (Å²) in [5.41, 5.74) is 1.17. The van der Waals surface area contributed by atoms with Gasteiger partial charge in [0.1, 0.15) is 0 Å². The number of aromatic nitrogens is 2. The summed E-state index contributed by atoms with van der Waals surface area (Å²) in [5.74, 6) is 0.993. The first-order valence-corrected chi connectivity index (χ1v) is 6.00. The van der Waals surface area contributed by atoms with Crippen LogP contribution in [0.3, 0.4) is 0 Å². The molecule has 2 rings (SSSR count). The van der Waals surface area contributed by atoms with E-state index in [1.807, 2.05) is 0 Å². The molecule has 2 heterocycles. The average Bonchev–Trinajstić information content (AvgIpc) is 2.56. The maximum atomic E-state index is 4.20. The van der Waals surface area contributed by atoms with Gasteiger partial charge in [0, 0.05) is 13.1 Å². The third-order valence-corrected chi connectivity index (χ3v) is 3.23. The monoisotopic (exact) mass is 220 g/mol. The van der Waals surface area contributed by atoms with Gasteiger partial charge in [0.15, 0.2) is 5.82 Å². The molecule has 88 valence electrons. The van der Waals surface area contributed by atoms with Gasteiger partial charge in [-0.2, -0.15) is 5.10 Å². The molecule has 1 aliphatic heterocycles. The SMILES string of the molecule is Cc1cnnc(N(C)C2CCCNCC2)c1. The van der Waals surface area contributed by atoms with Crippen molar-refractivity contribution in [2.75, 3.05) is 25.0 Å². The molecule has 1 aromatic heterocycles. The normalized spacial score (nSPS) is 21.5. The molecule has 0 amide bonds. The van der Waals surface area contributed by atoms with Gasteiger partial charge in [0.25, 0.3) is 0 Å². The van der Waals surface area contributed by atoms with Crippen LogP contribution in [0.1, 0.15) is 24.8 Å². The van der Waals surface area contributed by atoms with E-state index in [9.17, 15) is 0 Å². The van der Waals surface area contributed by atoms with E-state index < -0.39 is 0 Å². The standard InChI is InChI=1S/C12H20N4/c1-10-8-12(15-14-9-10)16(2)11-4-3-6-13-7-5-11/h8-9,11,13H,3-7H2,1-2H3.